The fraction of sp³-hybridized carbons (Fsp3) is 0.316. The van der Waals surface area contributed by atoms with E-state index in [4.69, 9.17) is 16.3 Å². The first-order valence-corrected chi connectivity index (χ1v) is 10.7. The lowest BCUT2D eigenvalue weighted by Crippen LogP contribution is -2.32. The SMILES string of the molecule is O=C(NCC1CCCO1)c1ccccc1NS(=O)(=O)Cc1ccccc1Cl. The molecule has 2 N–H and O–H groups in total. The average molecular weight is 409 g/mol. The Morgan fingerprint density at radius 3 is 2.63 bits per heavy atom. The van der Waals surface area contributed by atoms with Crippen LogP contribution in [0.3, 0.4) is 0 Å². The maximum atomic E-state index is 12.5. The van der Waals surface area contributed by atoms with Crippen LogP contribution in [0.25, 0.3) is 0 Å². The summed E-state index contributed by atoms with van der Waals surface area (Å²) in [5.74, 6) is -0.625. The predicted octanol–water partition coefficient (Wildman–Crippen LogP) is 3.19. The lowest BCUT2D eigenvalue weighted by Gasteiger charge is -2.15. The summed E-state index contributed by atoms with van der Waals surface area (Å²) in [4.78, 5) is 12.5. The van der Waals surface area contributed by atoms with Gasteiger partial charge in [0.1, 0.15) is 0 Å². The van der Waals surface area contributed by atoms with Crippen molar-refractivity contribution in [2.75, 3.05) is 17.9 Å². The molecule has 2 aromatic carbocycles. The molecule has 144 valence electrons. The van der Waals surface area contributed by atoms with Crippen LogP contribution in [0, 0.1) is 0 Å². The van der Waals surface area contributed by atoms with Gasteiger partial charge in [-0.1, -0.05) is 41.9 Å². The summed E-state index contributed by atoms with van der Waals surface area (Å²) in [5, 5.41) is 3.19. The quantitative estimate of drug-likeness (QED) is 0.736. The van der Waals surface area contributed by atoms with Gasteiger partial charge in [-0.25, -0.2) is 8.42 Å². The molecule has 1 saturated heterocycles. The van der Waals surface area contributed by atoms with Gasteiger partial charge >= 0.3 is 0 Å². The largest absolute Gasteiger partial charge is 0.376 e. The highest BCUT2D eigenvalue weighted by Crippen LogP contribution is 2.21. The van der Waals surface area contributed by atoms with E-state index in [1.807, 2.05) is 0 Å². The molecule has 0 radical (unpaired) electrons. The molecule has 0 saturated carbocycles. The van der Waals surface area contributed by atoms with Gasteiger partial charge in [0, 0.05) is 18.2 Å². The molecule has 1 fully saturated rings. The van der Waals surface area contributed by atoms with Crippen LogP contribution in [-0.4, -0.2) is 33.6 Å². The Labute approximate surface area is 163 Å². The lowest BCUT2D eigenvalue weighted by atomic mass is 10.1. The highest BCUT2D eigenvalue weighted by Gasteiger charge is 2.20. The Morgan fingerprint density at radius 1 is 1.15 bits per heavy atom. The number of carbonyl (C=O) groups is 1. The molecule has 1 atom stereocenters. The fourth-order valence-corrected chi connectivity index (χ4v) is 4.43. The third-order valence-corrected chi connectivity index (χ3v) is 5.85. The molecule has 0 spiro atoms. The van der Waals surface area contributed by atoms with Crippen molar-refractivity contribution in [3.05, 3.63) is 64.7 Å². The van der Waals surface area contributed by atoms with Gasteiger partial charge in [0.05, 0.1) is 23.1 Å². The van der Waals surface area contributed by atoms with E-state index in [1.165, 1.54) is 0 Å². The van der Waals surface area contributed by atoms with E-state index in [0.717, 1.165) is 12.8 Å². The topological polar surface area (TPSA) is 84.5 Å². The van der Waals surface area contributed by atoms with E-state index in [1.54, 1.807) is 48.5 Å². The molecule has 1 aliphatic heterocycles. The van der Waals surface area contributed by atoms with Gasteiger partial charge in [0.25, 0.3) is 5.91 Å². The van der Waals surface area contributed by atoms with E-state index in [0.29, 0.717) is 23.7 Å². The first-order chi connectivity index (χ1) is 12.9. The van der Waals surface area contributed by atoms with Gasteiger partial charge < -0.3 is 10.1 Å². The summed E-state index contributed by atoms with van der Waals surface area (Å²) in [6.45, 7) is 1.11. The number of halogens is 1. The molecule has 3 rings (SSSR count). The first-order valence-electron chi connectivity index (χ1n) is 8.67. The molecule has 1 aliphatic rings. The van der Waals surface area contributed by atoms with Crippen molar-refractivity contribution in [2.45, 2.75) is 24.7 Å². The van der Waals surface area contributed by atoms with Crippen LogP contribution in [-0.2, 0) is 20.5 Å². The second-order valence-corrected chi connectivity index (χ2v) is 8.47. The average Bonchev–Trinajstić information content (AvgIpc) is 3.15. The Bertz CT molecular complexity index is 911. The molecule has 1 amide bonds. The third kappa shape index (κ3) is 5.45. The van der Waals surface area contributed by atoms with Crippen LogP contribution in [0.4, 0.5) is 5.69 Å². The molecule has 1 heterocycles. The molecule has 2 aromatic rings. The second kappa shape index (κ2) is 8.73. The van der Waals surface area contributed by atoms with Crippen molar-refractivity contribution in [3.8, 4) is 0 Å². The highest BCUT2D eigenvalue weighted by molar-refractivity contribution is 7.91. The number of benzene rings is 2. The summed E-state index contributed by atoms with van der Waals surface area (Å²) in [5.41, 5.74) is 0.986. The number of carbonyl (C=O) groups excluding carboxylic acids is 1. The van der Waals surface area contributed by atoms with E-state index >= 15 is 0 Å². The van der Waals surface area contributed by atoms with Crippen molar-refractivity contribution >= 4 is 33.2 Å². The molecule has 6 nitrogen and oxygen atoms in total. The number of sulfonamides is 1. The number of anilines is 1. The van der Waals surface area contributed by atoms with E-state index in [2.05, 4.69) is 10.0 Å². The minimum atomic E-state index is -3.74. The number of amides is 1. The molecular formula is C19H21ClN2O4S. The van der Waals surface area contributed by atoms with E-state index < -0.39 is 10.0 Å². The number of hydrogen-bond acceptors (Lipinski definition) is 4. The van der Waals surface area contributed by atoms with Crippen molar-refractivity contribution in [3.63, 3.8) is 0 Å². The van der Waals surface area contributed by atoms with Gasteiger partial charge in [-0.05, 0) is 36.6 Å². The van der Waals surface area contributed by atoms with E-state index in [9.17, 15) is 13.2 Å². The predicted molar refractivity (Wildman–Crippen MR) is 105 cm³/mol. The molecule has 0 bridgehead atoms. The molecule has 0 aromatic heterocycles. The van der Waals surface area contributed by atoms with Crippen LogP contribution in [0.2, 0.25) is 5.02 Å². The summed E-state index contributed by atoms with van der Waals surface area (Å²) >= 11 is 6.05. The van der Waals surface area contributed by atoms with Crippen molar-refractivity contribution < 1.29 is 17.9 Å². The zero-order valence-electron chi connectivity index (χ0n) is 14.7. The van der Waals surface area contributed by atoms with Gasteiger partial charge in [0.15, 0.2) is 0 Å². The van der Waals surface area contributed by atoms with Gasteiger partial charge in [-0.15, -0.1) is 0 Å². The second-order valence-electron chi connectivity index (χ2n) is 6.34. The molecule has 0 aliphatic carbocycles. The summed E-state index contributed by atoms with van der Waals surface area (Å²) in [7, 11) is -3.74. The molecule has 27 heavy (non-hydrogen) atoms. The standard InChI is InChI=1S/C19H21ClN2O4S/c20-17-9-3-1-6-14(17)13-27(24,25)22-18-10-4-2-8-16(18)19(23)21-12-15-7-5-11-26-15/h1-4,6,8-10,15,22H,5,7,11-13H2,(H,21,23). The molecule has 1 unspecified atom stereocenters. The summed E-state index contributed by atoms with van der Waals surface area (Å²) < 4.78 is 33.1. The molecular weight excluding hydrogens is 388 g/mol. The normalized spacial score (nSPS) is 16.9. The monoisotopic (exact) mass is 408 g/mol. The third-order valence-electron chi connectivity index (χ3n) is 4.25. The lowest BCUT2D eigenvalue weighted by molar-refractivity contribution is 0.0858. The maximum absolute atomic E-state index is 12.5. The number of nitrogens with one attached hydrogen (secondary N) is 2. The number of ether oxygens (including phenoxy) is 1. The Morgan fingerprint density at radius 2 is 1.89 bits per heavy atom. The molecule has 8 heteroatoms. The number of hydrogen-bond donors (Lipinski definition) is 2. The Balaban J connectivity index is 1.71. The van der Waals surface area contributed by atoms with Gasteiger partial charge in [-0.2, -0.15) is 0 Å². The van der Waals surface area contributed by atoms with Crippen molar-refractivity contribution in [1.82, 2.24) is 5.32 Å². The van der Waals surface area contributed by atoms with Crippen LogP contribution in [0.15, 0.2) is 48.5 Å². The minimum absolute atomic E-state index is 0.0121. The van der Waals surface area contributed by atoms with Crippen molar-refractivity contribution in [1.29, 1.82) is 0 Å². The maximum Gasteiger partial charge on any atom is 0.253 e. The summed E-state index contributed by atoms with van der Waals surface area (Å²) in [6, 6.07) is 13.3. The van der Waals surface area contributed by atoms with Gasteiger partial charge in [0.2, 0.25) is 10.0 Å². The number of rotatable bonds is 7. The Hall–Kier alpha value is -2.09. The first kappa shape index (κ1) is 19.7. The minimum Gasteiger partial charge on any atom is -0.376 e. The Kier molecular flexibility index (Phi) is 6.36. The van der Waals surface area contributed by atoms with E-state index in [-0.39, 0.29) is 29.0 Å². The van der Waals surface area contributed by atoms with Crippen LogP contribution < -0.4 is 10.0 Å². The van der Waals surface area contributed by atoms with Crippen molar-refractivity contribution in [2.24, 2.45) is 0 Å². The van der Waals surface area contributed by atoms with Crippen LogP contribution >= 0.6 is 11.6 Å². The highest BCUT2D eigenvalue weighted by atomic mass is 35.5. The smallest absolute Gasteiger partial charge is 0.253 e. The zero-order valence-corrected chi connectivity index (χ0v) is 16.2. The zero-order chi connectivity index (χ0) is 19.3. The summed E-state index contributed by atoms with van der Waals surface area (Å²) in [6.07, 6.45) is 1.91. The van der Waals surface area contributed by atoms with Crippen LogP contribution in [0.1, 0.15) is 28.8 Å². The fourth-order valence-electron chi connectivity index (χ4n) is 2.90. The number of para-hydroxylation sites is 1. The van der Waals surface area contributed by atoms with Gasteiger partial charge in [-0.3, -0.25) is 9.52 Å². The van der Waals surface area contributed by atoms with Crippen LogP contribution in [0.5, 0.6) is 0 Å².